The summed E-state index contributed by atoms with van der Waals surface area (Å²) >= 11 is 0. The molecule has 2 aromatic rings. The summed E-state index contributed by atoms with van der Waals surface area (Å²) in [4.78, 5) is 19.7. The second kappa shape index (κ2) is 7.24. The van der Waals surface area contributed by atoms with Crippen LogP contribution in [0.15, 0.2) is 12.3 Å². The number of aromatic amines is 1. The molecule has 22 heavy (non-hydrogen) atoms. The van der Waals surface area contributed by atoms with Crippen LogP contribution in [-0.2, 0) is 19.4 Å². The van der Waals surface area contributed by atoms with Crippen LogP contribution in [0, 0.1) is 12.8 Å². The lowest BCUT2D eigenvalue weighted by Crippen LogP contribution is -2.28. The minimum atomic E-state index is -0.0763. The van der Waals surface area contributed by atoms with Gasteiger partial charge in [-0.15, -0.1) is 0 Å². The highest BCUT2D eigenvalue weighted by atomic mass is 16.2. The molecule has 6 nitrogen and oxygen atoms in total. The molecule has 0 spiro atoms. The van der Waals surface area contributed by atoms with Crippen LogP contribution < -0.4 is 5.32 Å². The molecule has 0 aliphatic rings. The molecule has 0 aromatic carbocycles. The summed E-state index contributed by atoms with van der Waals surface area (Å²) < 4.78 is 1.77. The van der Waals surface area contributed by atoms with Crippen molar-refractivity contribution in [3.8, 4) is 0 Å². The quantitative estimate of drug-likeness (QED) is 0.822. The van der Waals surface area contributed by atoms with Crippen molar-refractivity contribution in [1.29, 1.82) is 0 Å². The van der Waals surface area contributed by atoms with E-state index in [1.54, 1.807) is 10.9 Å². The van der Waals surface area contributed by atoms with E-state index in [2.05, 4.69) is 34.2 Å². The van der Waals surface area contributed by atoms with Gasteiger partial charge in [-0.1, -0.05) is 13.8 Å². The molecule has 2 N–H and O–H groups in total. The number of H-pyrrole nitrogens is 1. The molecule has 0 fully saturated rings. The van der Waals surface area contributed by atoms with Gasteiger partial charge in [0, 0.05) is 31.4 Å². The van der Waals surface area contributed by atoms with Crippen LogP contribution in [0.3, 0.4) is 0 Å². The largest absolute Gasteiger partial charge is 0.350 e. The second-order valence-electron chi connectivity index (χ2n) is 5.95. The lowest BCUT2D eigenvalue weighted by Gasteiger charge is -2.05. The molecule has 2 heterocycles. The number of carbonyl (C=O) groups excluding carboxylic acids is 1. The Kier molecular flexibility index (Phi) is 5.35. The molecule has 0 saturated carbocycles. The van der Waals surface area contributed by atoms with Crippen molar-refractivity contribution < 1.29 is 4.79 Å². The van der Waals surface area contributed by atoms with E-state index in [9.17, 15) is 4.79 Å². The molecule has 0 saturated heterocycles. The van der Waals surface area contributed by atoms with E-state index in [-0.39, 0.29) is 5.91 Å². The number of carbonyl (C=O) groups is 1. The van der Waals surface area contributed by atoms with Crippen molar-refractivity contribution in [2.45, 2.75) is 47.1 Å². The number of amides is 1. The fourth-order valence-corrected chi connectivity index (χ4v) is 2.39. The standard InChI is InChI=1S/C16H25N5O/c1-5-21-14(9-13(20-21)8-11(2)3)16(22)17-7-6-15-18-10-12(4)19-15/h9-11H,5-8H2,1-4H3,(H,17,22)(H,18,19). The van der Waals surface area contributed by atoms with Crippen molar-refractivity contribution in [2.24, 2.45) is 5.92 Å². The minimum absolute atomic E-state index is 0.0763. The molecule has 0 unspecified atom stereocenters. The van der Waals surface area contributed by atoms with Crippen LogP contribution in [0.2, 0.25) is 0 Å². The molecular weight excluding hydrogens is 278 g/mol. The van der Waals surface area contributed by atoms with Crippen LogP contribution in [-0.4, -0.2) is 32.2 Å². The molecule has 0 aliphatic carbocycles. The zero-order chi connectivity index (χ0) is 16.1. The third kappa shape index (κ3) is 4.19. The van der Waals surface area contributed by atoms with Crippen LogP contribution in [0.4, 0.5) is 0 Å². The molecule has 120 valence electrons. The van der Waals surface area contributed by atoms with Crippen LogP contribution in [0.5, 0.6) is 0 Å². The van der Waals surface area contributed by atoms with E-state index in [1.807, 2.05) is 19.9 Å². The van der Waals surface area contributed by atoms with Gasteiger partial charge in [-0.25, -0.2) is 4.98 Å². The maximum absolute atomic E-state index is 12.3. The summed E-state index contributed by atoms with van der Waals surface area (Å²) in [5.41, 5.74) is 2.64. The van der Waals surface area contributed by atoms with Crippen molar-refractivity contribution in [1.82, 2.24) is 25.1 Å². The van der Waals surface area contributed by atoms with Crippen LogP contribution in [0.25, 0.3) is 0 Å². The summed E-state index contributed by atoms with van der Waals surface area (Å²) in [6, 6.07) is 1.90. The molecule has 2 rings (SSSR count). The monoisotopic (exact) mass is 303 g/mol. The molecule has 0 aliphatic heterocycles. The molecule has 6 heteroatoms. The van der Waals surface area contributed by atoms with Gasteiger partial charge < -0.3 is 10.3 Å². The van der Waals surface area contributed by atoms with Gasteiger partial charge in [-0.2, -0.15) is 5.10 Å². The number of nitrogens with one attached hydrogen (secondary N) is 2. The lowest BCUT2D eigenvalue weighted by molar-refractivity contribution is 0.0943. The molecule has 1 amide bonds. The van der Waals surface area contributed by atoms with Gasteiger partial charge in [-0.05, 0) is 32.3 Å². The second-order valence-corrected chi connectivity index (χ2v) is 5.95. The molecule has 0 atom stereocenters. The maximum atomic E-state index is 12.3. The van der Waals surface area contributed by atoms with E-state index >= 15 is 0 Å². The van der Waals surface area contributed by atoms with Gasteiger partial charge in [0.2, 0.25) is 0 Å². The van der Waals surface area contributed by atoms with Crippen molar-refractivity contribution in [2.75, 3.05) is 6.54 Å². The fraction of sp³-hybridized carbons (Fsp3) is 0.562. The molecule has 0 radical (unpaired) electrons. The smallest absolute Gasteiger partial charge is 0.269 e. The van der Waals surface area contributed by atoms with Gasteiger partial charge in [0.25, 0.3) is 5.91 Å². The number of imidazole rings is 1. The Morgan fingerprint density at radius 2 is 2.23 bits per heavy atom. The highest BCUT2D eigenvalue weighted by Crippen LogP contribution is 2.10. The van der Waals surface area contributed by atoms with Crippen molar-refractivity contribution in [3.05, 3.63) is 35.2 Å². The van der Waals surface area contributed by atoms with Gasteiger partial charge in [-0.3, -0.25) is 9.48 Å². The Labute approximate surface area is 131 Å². The van der Waals surface area contributed by atoms with E-state index in [0.29, 0.717) is 31.1 Å². The highest BCUT2D eigenvalue weighted by molar-refractivity contribution is 5.92. The summed E-state index contributed by atoms with van der Waals surface area (Å²) in [6.07, 6.45) is 3.37. The minimum Gasteiger partial charge on any atom is -0.350 e. The first kappa shape index (κ1) is 16.3. The normalized spacial score (nSPS) is 11.1. The fourth-order valence-electron chi connectivity index (χ4n) is 2.39. The summed E-state index contributed by atoms with van der Waals surface area (Å²) in [5.74, 6) is 1.34. The number of rotatable bonds is 7. The lowest BCUT2D eigenvalue weighted by atomic mass is 10.1. The van der Waals surface area contributed by atoms with Crippen molar-refractivity contribution in [3.63, 3.8) is 0 Å². The Morgan fingerprint density at radius 3 is 2.82 bits per heavy atom. The summed E-state index contributed by atoms with van der Waals surface area (Å²) in [7, 11) is 0. The first-order chi connectivity index (χ1) is 10.5. The number of hydrogen-bond acceptors (Lipinski definition) is 3. The van der Waals surface area contributed by atoms with Gasteiger partial charge in [0.05, 0.1) is 5.69 Å². The van der Waals surface area contributed by atoms with Crippen LogP contribution in [0.1, 0.15) is 48.5 Å². The zero-order valence-electron chi connectivity index (χ0n) is 13.8. The van der Waals surface area contributed by atoms with Crippen LogP contribution >= 0.6 is 0 Å². The highest BCUT2D eigenvalue weighted by Gasteiger charge is 2.15. The Balaban J connectivity index is 1.94. The average Bonchev–Trinajstić information content (AvgIpc) is 3.04. The van der Waals surface area contributed by atoms with Crippen molar-refractivity contribution >= 4 is 5.91 Å². The summed E-state index contributed by atoms with van der Waals surface area (Å²) in [6.45, 7) is 9.50. The van der Waals surface area contributed by atoms with E-state index < -0.39 is 0 Å². The Morgan fingerprint density at radius 1 is 1.45 bits per heavy atom. The van der Waals surface area contributed by atoms with E-state index in [1.165, 1.54) is 0 Å². The Hall–Kier alpha value is -2.11. The summed E-state index contributed by atoms with van der Waals surface area (Å²) in [5, 5.41) is 7.44. The Bertz CT molecular complexity index is 626. The predicted molar refractivity (Wildman–Crippen MR) is 85.8 cm³/mol. The molecule has 0 bridgehead atoms. The topological polar surface area (TPSA) is 75.6 Å². The average molecular weight is 303 g/mol. The van der Waals surface area contributed by atoms with Gasteiger partial charge in [0.15, 0.2) is 0 Å². The number of aromatic nitrogens is 4. The number of hydrogen-bond donors (Lipinski definition) is 2. The van der Waals surface area contributed by atoms with E-state index in [0.717, 1.165) is 23.6 Å². The van der Waals surface area contributed by atoms with Gasteiger partial charge in [0.1, 0.15) is 11.5 Å². The third-order valence-corrected chi connectivity index (χ3v) is 3.38. The number of nitrogens with zero attached hydrogens (tertiary/aromatic N) is 3. The SMILES string of the molecule is CCn1nc(CC(C)C)cc1C(=O)NCCc1ncc(C)[nH]1. The maximum Gasteiger partial charge on any atom is 0.269 e. The first-order valence-electron chi connectivity index (χ1n) is 7.85. The number of aryl methyl sites for hydroxylation is 2. The van der Waals surface area contributed by atoms with E-state index in [4.69, 9.17) is 0 Å². The first-order valence-corrected chi connectivity index (χ1v) is 7.85. The van der Waals surface area contributed by atoms with Gasteiger partial charge >= 0.3 is 0 Å². The zero-order valence-corrected chi connectivity index (χ0v) is 13.8. The molecular formula is C16H25N5O. The molecule has 2 aromatic heterocycles. The third-order valence-electron chi connectivity index (χ3n) is 3.38. The predicted octanol–water partition coefficient (Wildman–Crippen LogP) is 2.11.